The molecule has 1 atom stereocenters. The van der Waals surface area contributed by atoms with Crippen molar-refractivity contribution >= 4 is 11.0 Å². The average molecular weight is 173 g/mol. The highest BCUT2D eigenvalue weighted by Gasteiger charge is 2.03. The summed E-state index contributed by atoms with van der Waals surface area (Å²) in [6.45, 7) is 3.64. The smallest absolute Gasteiger partial charge is 0.137 e. The number of aromatic amines is 1. The van der Waals surface area contributed by atoms with Crippen LogP contribution in [-0.2, 0) is 0 Å². The zero-order chi connectivity index (χ0) is 9.26. The summed E-state index contributed by atoms with van der Waals surface area (Å²) >= 11 is 0. The molecule has 3 N–H and O–H groups in total. The van der Waals surface area contributed by atoms with Gasteiger partial charge in [0.2, 0.25) is 0 Å². The van der Waals surface area contributed by atoms with Gasteiger partial charge in [-0.1, -0.05) is 6.08 Å². The Kier molecular flexibility index (Phi) is 1.87. The van der Waals surface area contributed by atoms with Crippen molar-refractivity contribution < 1.29 is 0 Å². The molecule has 0 amide bonds. The van der Waals surface area contributed by atoms with E-state index in [9.17, 15) is 0 Å². The van der Waals surface area contributed by atoms with Crippen LogP contribution in [0.3, 0.4) is 0 Å². The Bertz CT molecular complexity index is 430. The first-order valence-electron chi connectivity index (χ1n) is 4.12. The summed E-state index contributed by atoms with van der Waals surface area (Å²) in [5, 5.41) is 1.08. The van der Waals surface area contributed by atoms with Gasteiger partial charge in [-0.25, -0.2) is 4.98 Å². The number of nitrogens with one attached hydrogen (secondary N) is 1. The molecule has 13 heavy (non-hydrogen) atoms. The fourth-order valence-electron chi connectivity index (χ4n) is 1.28. The summed E-state index contributed by atoms with van der Waals surface area (Å²) in [7, 11) is 0. The molecule has 0 aromatic carbocycles. The van der Waals surface area contributed by atoms with E-state index in [1.807, 2.05) is 18.3 Å². The molecule has 0 spiro atoms. The summed E-state index contributed by atoms with van der Waals surface area (Å²) < 4.78 is 0. The van der Waals surface area contributed by atoms with Gasteiger partial charge < -0.3 is 10.7 Å². The third-order valence-electron chi connectivity index (χ3n) is 2.06. The topological polar surface area (TPSA) is 54.7 Å². The predicted octanol–water partition coefficient (Wildman–Crippen LogP) is 1.75. The van der Waals surface area contributed by atoms with Crippen molar-refractivity contribution in [2.75, 3.05) is 0 Å². The largest absolute Gasteiger partial charge is 0.346 e. The van der Waals surface area contributed by atoms with E-state index in [-0.39, 0.29) is 6.04 Å². The highest BCUT2D eigenvalue weighted by atomic mass is 14.8. The van der Waals surface area contributed by atoms with Gasteiger partial charge in [-0.2, -0.15) is 0 Å². The minimum absolute atomic E-state index is 0.133. The number of rotatable bonds is 2. The molecular formula is C10H11N3. The zero-order valence-corrected chi connectivity index (χ0v) is 7.20. The summed E-state index contributed by atoms with van der Waals surface area (Å²) in [6, 6.07) is 3.86. The minimum atomic E-state index is -0.133. The molecule has 0 bridgehead atoms. The van der Waals surface area contributed by atoms with Crippen molar-refractivity contribution in [2.45, 2.75) is 6.04 Å². The molecule has 0 saturated carbocycles. The summed E-state index contributed by atoms with van der Waals surface area (Å²) in [4.78, 5) is 7.25. The van der Waals surface area contributed by atoms with Gasteiger partial charge in [0.15, 0.2) is 0 Å². The average Bonchev–Trinajstić information content (AvgIpc) is 2.63. The monoisotopic (exact) mass is 173 g/mol. The normalized spacial score (nSPS) is 13.0. The summed E-state index contributed by atoms with van der Waals surface area (Å²) in [5.41, 5.74) is 7.66. The highest BCUT2D eigenvalue weighted by Crippen LogP contribution is 2.16. The van der Waals surface area contributed by atoms with E-state index in [1.54, 1.807) is 12.3 Å². The standard InChI is InChI=1S/C10H11N3/c1-2-9(11)8-5-7-3-4-12-10(7)13-6-8/h2-6,9H,1,11H2,(H,12,13). The molecule has 2 aromatic rings. The molecule has 0 fully saturated rings. The maximum Gasteiger partial charge on any atom is 0.137 e. The maximum absolute atomic E-state index is 5.79. The number of hydrogen-bond donors (Lipinski definition) is 2. The van der Waals surface area contributed by atoms with E-state index in [0.717, 1.165) is 16.6 Å². The fourth-order valence-corrected chi connectivity index (χ4v) is 1.28. The van der Waals surface area contributed by atoms with Gasteiger partial charge in [0, 0.05) is 23.8 Å². The number of pyridine rings is 1. The number of aromatic nitrogens is 2. The lowest BCUT2D eigenvalue weighted by atomic mass is 10.1. The van der Waals surface area contributed by atoms with Gasteiger partial charge in [-0.05, 0) is 17.7 Å². The van der Waals surface area contributed by atoms with Gasteiger partial charge >= 0.3 is 0 Å². The highest BCUT2D eigenvalue weighted by molar-refractivity contribution is 5.75. The van der Waals surface area contributed by atoms with Crippen LogP contribution in [0.4, 0.5) is 0 Å². The minimum Gasteiger partial charge on any atom is -0.346 e. The van der Waals surface area contributed by atoms with E-state index in [4.69, 9.17) is 5.73 Å². The summed E-state index contributed by atoms with van der Waals surface area (Å²) in [6.07, 6.45) is 5.33. The fraction of sp³-hybridized carbons (Fsp3) is 0.100. The molecule has 2 heterocycles. The van der Waals surface area contributed by atoms with Crippen molar-refractivity contribution in [1.29, 1.82) is 0 Å². The molecule has 2 aromatic heterocycles. The van der Waals surface area contributed by atoms with Crippen LogP contribution in [0.2, 0.25) is 0 Å². The van der Waals surface area contributed by atoms with Crippen molar-refractivity contribution in [3.63, 3.8) is 0 Å². The number of nitrogens with zero attached hydrogens (tertiary/aromatic N) is 1. The quantitative estimate of drug-likeness (QED) is 0.680. The molecule has 0 radical (unpaired) electrons. The lowest BCUT2D eigenvalue weighted by molar-refractivity contribution is 0.908. The number of nitrogens with two attached hydrogens (primary N) is 1. The number of H-pyrrole nitrogens is 1. The van der Waals surface area contributed by atoms with Gasteiger partial charge in [0.1, 0.15) is 5.65 Å². The molecule has 0 aliphatic rings. The van der Waals surface area contributed by atoms with E-state index in [1.165, 1.54) is 0 Å². The number of fused-ring (bicyclic) bond motifs is 1. The van der Waals surface area contributed by atoms with Crippen LogP contribution in [-0.4, -0.2) is 9.97 Å². The lowest BCUT2D eigenvalue weighted by Crippen LogP contribution is -2.06. The van der Waals surface area contributed by atoms with Crippen molar-refractivity contribution in [2.24, 2.45) is 5.73 Å². The molecule has 1 unspecified atom stereocenters. The Morgan fingerprint density at radius 2 is 2.46 bits per heavy atom. The predicted molar refractivity (Wildman–Crippen MR) is 53.2 cm³/mol. The van der Waals surface area contributed by atoms with Crippen LogP contribution in [0.5, 0.6) is 0 Å². The van der Waals surface area contributed by atoms with E-state index >= 15 is 0 Å². The van der Waals surface area contributed by atoms with E-state index in [2.05, 4.69) is 16.5 Å². The van der Waals surface area contributed by atoms with Crippen molar-refractivity contribution in [3.05, 3.63) is 42.7 Å². The van der Waals surface area contributed by atoms with Crippen LogP contribution in [0.25, 0.3) is 11.0 Å². The lowest BCUT2D eigenvalue weighted by Gasteiger charge is -2.04. The Balaban J connectivity index is 2.53. The SMILES string of the molecule is C=CC(N)c1cnc2[nH]ccc2c1. The molecule has 0 saturated heterocycles. The molecule has 0 aliphatic heterocycles. The van der Waals surface area contributed by atoms with Gasteiger partial charge in [-0.3, -0.25) is 0 Å². The van der Waals surface area contributed by atoms with Crippen LogP contribution in [0, 0.1) is 0 Å². The third kappa shape index (κ3) is 1.34. The maximum atomic E-state index is 5.79. The molecule has 3 nitrogen and oxygen atoms in total. The van der Waals surface area contributed by atoms with Crippen LogP contribution >= 0.6 is 0 Å². The van der Waals surface area contributed by atoms with Gasteiger partial charge in [-0.15, -0.1) is 6.58 Å². The summed E-state index contributed by atoms with van der Waals surface area (Å²) in [5.74, 6) is 0. The molecule has 66 valence electrons. The first-order valence-corrected chi connectivity index (χ1v) is 4.12. The second kappa shape index (κ2) is 3.03. The first-order chi connectivity index (χ1) is 6.31. The van der Waals surface area contributed by atoms with Crippen LogP contribution in [0.1, 0.15) is 11.6 Å². The van der Waals surface area contributed by atoms with Crippen molar-refractivity contribution in [1.82, 2.24) is 9.97 Å². The molecule has 0 aliphatic carbocycles. The number of hydrogen-bond acceptors (Lipinski definition) is 2. The molecular weight excluding hydrogens is 162 g/mol. The third-order valence-corrected chi connectivity index (χ3v) is 2.06. The van der Waals surface area contributed by atoms with Gasteiger partial charge in [0.05, 0.1) is 0 Å². The first kappa shape index (κ1) is 8.01. The Morgan fingerprint density at radius 1 is 1.62 bits per heavy atom. The molecule has 2 rings (SSSR count). The zero-order valence-electron chi connectivity index (χ0n) is 7.20. The van der Waals surface area contributed by atoms with Gasteiger partial charge in [0.25, 0.3) is 0 Å². The van der Waals surface area contributed by atoms with Crippen LogP contribution in [0.15, 0.2) is 37.2 Å². The van der Waals surface area contributed by atoms with E-state index < -0.39 is 0 Å². The second-order valence-electron chi connectivity index (χ2n) is 2.95. The van der Waals surface area contributed by atoms with Crippen LogP contribution < -0.4 is 5.73 Å². The Hall–Kier alpha value is -1.61. The Labute approximate surface area is 76.3 Å². The molecule has 3 heteroatoms. The van der Waals surface area contributed by atoms with E-state index in [0.29, 0.717) is 0 Å². The van der Waals surface area contributed by atoms with Crippen molar-refractivity contribution in [3.8, 4) is 0 Å². The Morgan fingerprint density at radius 3 is 3.23 bits per heavy atom. The second-order valence-corrected chi connectivity index (χ2v) is 2.95.